The minimum absolute atomic E-state index is 0.0172. The van der Waals surface area contributed by atoms with Crippen molar-refractivity contribution in [2.24, 2.45) is 17.6 Å². The summed E-state index contributed by atoms with van der Waals surface area (Å²) in [5.74, 6) is -1.65. The molecule has 2 aromatic carbocycles. The number of hydrogen-bond acceptors (Lipinski definition) is 4. The molecule has 1 unspecified atom stereocenters. The van der Waals surface area contributed by atoms with E-state index in [0.717, 1.165) is 37.3 Å². The average Bonchev–Trinajstić information content (AvgIpc) is 2.89. The van der Waals surface area contributed by atoms with E-state index in [-0.39, 0.29) is 23.4 Å². The van der Waals surface area contributed by atoms with Crippen LogP contribution in [0.5, 0.6) is 0 Å². The highest BCUT2D eigenvalue weighted by Gasteiger charge is 2.28. The van der Waals surface area contributed by atoms with Crippen LogP contribution in [-0.2, 0) is 11.2 Å². The zero-order chi connectivity index (χ0) is 24.8. The van der Waals surface area contributed by atoms with Gasteiger partial charge in [0.05, 0.1) is 17.3 Å². The second-order valence-corrected chi connectivity index (χ2v) is 9.17. The number of hydrogen-bond donors (Lipinski definition) is 3. The largest absolute Gasteiger partial charge is 0.478 e. The molecule has 1 saturated carbocycles. The zero-order valence-electron chi connectivity index (χ0n) is 19.5. The second-order valence-electron chi connectivity index (χ2n) is 9.17. The van der Waals surface area contributed by atoms with Gasteiger partial charge in [0.15, 0.2) is 0 Å². The van der Waals surface area contributed by atoms with Gasteiger partial charge in [0.2, 0.25) is 5.91 Å². The van der Waals surface area contributed by atoms with E-state index in [1.165, 1.54) is 6.07 Å². The fourth-order valence-corrected chi connectivity index (χ4v) is 4.72. The number of amides is 1. The van der Waals surface area contributed by atoms with Crippen LogP contribution < -0.4 is 11.1 Å². The highest BCUT2D eigenvalue weighted by Crippen LogP contribution is 2.30. The predicted molar refractivity (Wildman–Crippen MR) is 132 cm³/mol. The Hall–Kier alpha value is -3.58. The van der Waals surface area contributed by atoms with Gasteiger partial charge in [-0.2, -0.15) is 0 Å². The summed E-state index contributed by atoms with van der Waals surface area (Å²) in [7, 11) is 0. The van der Waals surface area contributed by atoms with Crippen LogP contribution in [-0.4, -0.2) is 28.5 Å². The molecular formula is C28H30FN3O3. The van der Waals surface area contributed by atoms with Crippen LogP contribution in [0.25, 0.3) is 11.1 Å². The summed E-state index contributed by atoms with van der Waals surface area (Å²) >= 11 is 0. The minimum atomic E-state index is -1.32. The quantitative estimate of drug-likeness (QED) is 0.436. The molecule has 1 amide bonds. The summed E-state index contributed by atoms with van der Waals surface area (Å²) in [6.07, 6.45) is 5.76. The number of rotatable bonds is 8. The van der Waals surface area contributed by atoms with Crippen LogP contribution in [0.15, 0.2) is 66.9 Å². The Kier molecular flexibility index (Phi) is 7.87. The summed E-state index contributed by atoms with van der Waals surface area (Å²) in [6.45, 7) is 0.661. The number of nitrogens with one attached hydrogen (secondary N) is 1. The molecule has 1 aliphatic rings. The molecule has 0 aliphatic heterocycles. The number of carboxylic acids is 1. The molecule has 4 N–H and O–H groups in total. The van der Waals surface area contributed by atoms with Crippen LogP contribution in [0, 0.1) is 17.7 Å². The molecule has 35 heavy (non-hydrogen) atoms. The van der Waals surface area contributed by atoms with Crippen molar-refractivity contribution < 1.29 is 19.1 Å². The standard InChI is InChI=1S/C28H30FN3O3/c29-24-11-10-21(15-23(24)28(34)35)22-12-13-31-25(16-22)26(14-18-4-2-1-3-5-18)32-27(33)20-8-6-19(17-30)7-9-20/h1-5,10-13,15-16,19-20,26H,6-9,14,17,30H2,(H,32,33)(H,34,35). The Labute approximate surface area is 204 Å². The molecule has 0 radical (unpaired) electrons. The number of carboxylic acid groups (broad SMARTS) is 1. The summed E-state index contributed by atoms with van der Waals surface area (Å²) < 4.78 is 13.9. The van der Waals surface area contributed by atoms with Crippen molar-refractivity contribution in [3.63, 3.8) is 0 Å². The third-order valence-corrected chi connectivity index (χ3v) is 6.82. The van der Waals surface area contributed by atoms with Gasteiger partial charge in [0, 0.05) is 12.1 Å². The lowest BCUT2D eigenvalue weighted by molar-refractivity contribution is -0.127. The van der Waals surface area contributed by atoms with Crippen molar-refractivity contribution in [3.8, 4) is 11.1 Å². The van der Waals surface area contributed by atoms with Gasteiger partial charge in [-0.15, -0.1) is 0 Å². The van der Waals surface area contributed by atoms with Crippen molar-refractivity contribution in [2.75, 3.05) is 6.54 Å². The molecule has 7 heteroatoms. The van der Waals surface area contributed by atoms with Gasteiger partial charge in [0.1, 0.15) is 5.82 Å². The van der Waals surface area contributed by atoms with Crippen LogP contribution in [0.2, 0.25) is 0 Å². The summed E-state index contributed by atoms with van der Waals surface area (Å²) in [6, 6.07) is 17.1. The molecule has 1 atom stereocenters. The molecule has 1 aliphatic carbocycles. The Morgan fingerprint density at radius 3 is 2.43 bits per heavy atom. The number of aromatic nitrogens is 1. The summed E-state index contributed by atoms with van der Waals surface area (Å²) in [5.41, 5.74) is 8.41. The van der Waals surface area contributed by atoms with Gasteiger partial charge in [-0.3, -0.25) is 9.78 Å². The van der Waals surface area contributed by atoms with Gasteiger partial charge in [-0.25, -0.2) is 9.18 Å². The third-order valence-electron chi connectivity index (χ3n) is 6.82. The zero-order valence-corrected chi connectivity index (χ0v) is 19.5. The van der Waals surface area contributed by atoms with E-state index < -0.39 is 11.8 Å². The molecule has 0 bridgehead atoms. The molecule has 182 valence electrons. The van der Waals surface area contributed by atoms with Gasteiger partial charge < -0.3 is 16.2 Å². The average molecular weight is 476 g/mol. The van der Waals surface area contributed by atoms with Gasteiger partial charge in [-0.05, 0) is 85.5 Å². The second kappa shape index (κ2) is 11.2. The monoisotopic (exact) mass is 475 g/mol. The number of carbonyl (C=O) groups excluding carboxylic acids is 1. The minimum Gasteiger partial charge on any atom is -0.478 e. The van der Waals surface area contributed by atoms with Crippen LogP contribution in [0.4, 0.5) is 4.39 Å². The first-order chi connectivity index (χ1) is 16.9. The highest BCUT2D eigenvalue weighted by molar-refractivity contribution is 5.89. The number of carbonyl (C=O) groups is 2. The van der Waals surface area contributed by atoms with Crippen LogP contribution >= 0.6 is 0 Å². The smallest absolute Gasteiger partial charge is 0.338 e. The van der Waals surface area contributed by atoms with E-state index in [4.69, 9.17) is 5.73 Å². The molecule has 1 fully saturated rings. The van der Waals surface area contributed by atoms with Gasteiger partial charge >= 0.3 is 5.97 Å². The van der Waals surface area contributed by atoms with Crippen molar-refractivity contribution in [1.82, 2.24) is 10.3 Å². The third kappa shape index (κ3) is 6.11. The number of nitrogens with zero attached hydrogens (tertiary/aromatic N) is 1. The molecule has 0 spiro atoms. The number of pyridine rings is 1. The Morgan fingerprint density at radius 2 is 1.74 bits per heavy atom. The maximum Gasteiger partial charge on any atom is 0.338 e. The maximum atomic E-state index is 13.9. The summed E-state index contributed by atoms with van der Waals surface area (Å²) in [4.78, 5) is 29.1. The van der Waals surface area contributed by atoms with Crippen molar-refractivity contribution >= 4 is 11.9 Å². The Morgan fingerprint density at radius 1 is 1.03 bits per heavy atom. The lowest BCUT2D eigenvalue weighted by Crippen LogP contribution is -2.37. The Balaban J connectivity index is 1.60. The SMILES string of the molecule is NCC1CCC(C(=O)NC(Cc2ccccc2)c2cc(-c3ccc(F)c(C(=O)O)c3)ccn2)CC1. The molecule has 0 saturated heterocycles. The molecule has 4 rings (SSSR count). The van der Waals surface area contributed by atoms with Gasteiger partial charge in [0.25, 0.3) is 0 Å². The number of benzene rings is 2. The predicted octanol–water partition coefficient (Wildman–Crippen LogP) is 4.75. The van der Waals surface area contributed by atoms with Crippen molar-refractivity contribution in [1.29, 1.82) is 0 Å². The van der Waals surface area contributed by atoms with Crippen LogP contribution in [0.3, 0.4) is 0 Å². The van der Waals surface area contributed by atoms with E-state index in [1.54, 1.807) is 18.3 Å². The topological polar surface area (TPSA) is 105 Å². The lowest BCUT2D eigenvalue weighted by atomic mass is 9.81. The van der Waals surface area contributed by atoms with Gasteiger partial charge in [-0.1, -0.05) is 36.4 Å². The van der Waals surface area contributed by atoms with E-state index in [0.29, 0.717) is 35.7 Å². The number of halogens is 1. The molecule has 3 aromatic rings. The summed E-state index contributed by atoms with van der Waals surface area (Å²) in [5, 5.41) is 12.5. The number of aromatic carboxylic acids is 1. The lowest BCUT2D eigenvalue weighted by Gasteiger charge is -2.28. The maximum absolute atomic E-state index is 13.9. The molecule has 1 aromatic heterocycles. The first-order valence-electron chi connectivity index (χ1n) is 12.0. The number of nitrogens with two attached hydrogens (primary N) is 1. The fourth-order valence-electron chi connectivity index (χ4n) is 4.72. The van der Waals surface area contributed by atoms with E-state index >= 15 is 0 Å². The van der Waals surface area contributed by atoms with Crippen molar-refractivity contribution in [2.45, 2.75) is 38.1 Å². The normalized spacial score (nSPS) is 18.6. The molecule has 1 heterocycles. The molecule has 6 nitrogen and oxygen atoms in total. The first kappa shape index (κ1) is 24.5. The fraction of sp³-hybridized carbons (Fsp3) is 0.321. The van der Waals surface area contributed by atoms with E-state index in [2.05, 4.69) is 10.3 Å². The van der Waals surface area contributed by atoms with Crippen LogP contribution in [0.1, 0.15) is 53.3 Å². The Bertz CT molecular complexity index is 1180. The van der Waals surface area contributed by atoms with E-state index in [9.17, 15) is 19.1 Å². The first-order valence-corrected chi connectivity index (χ1v) is 12.0. The van der Waals surface area contributed by atoms with Crippen molar-refractivity contribution in [3.05, 3.63) is 89.5 Å². The highest BCUT2D eigenvalue weighted by atomic mass is 19.1. The van der Waals surface area contributed by atoms with E-state index in [1.807, 2.05) is 36.4 Å². The molecular weight excluding hydrogens is 445 g/mol.